The van der Waals surface area contributed by atoms with E-state index in [4.69, 9.17) is 5.73 Å². The third-order valence-electron chi connectivity index (χ3n) is 4.17. The average Bonchev–Trinajstić information content (AvgIpc) is 2.33. The van der Waals surface area contributed by atoms with Crippen LogP contribution in [0.4, 0.5) is 0 Å². The van der Waals surface area contributed by atoms with Crippen molar-refractivity contribution in [3.05, 3.63) is 33.8 Å². The normalized spacial score (nSPS) is 16.8. The molecule has 0 aliphatic heterocycles. The van der Waals surface area contributed by atoms with Gasteiger partial charge in [0.05, 0.1) is 6.42 Å². The fourth-order valence-corrected chi connectivity index (χ4v) is 2.89. The molecule has 2 rings (SSSR count). The zero-order valence-corrected chi connectivity index (χ0v) is 12.9. The minimum Gasteiger partial charge on any atom is -0.355 e. The maximum absolute atomic E-state index is 12.0. The molecule has 0 spiro atoms. The number of carbonyl (C=O) groups excluding carboxylic acids is 1. The van der Waals surface area contributed by atoms with Crippen LogP contribution >= 0.6 is 15.9 Å². The first-order valence-corrected chi connectivity index (χ1v) is 7.56. The highest BCUT2D eigenvalue weighted by Crippen LogP contribution is 2.39. The number of benzene rings is 1. The van der Waals surface area contributed by atoms with Crippen molar-refractivity contribution >= 4 is 21.8 Å². The molecule has 3 N–H and O–H groups in total. The van der Waals surface area contributed by atoms with E-state index >= 15 is 0 Å². The predicted molar refractivity (Wildman–Crippen MR) is 80.9 cm³/mol. The Hall–Kier alpha value is -0.870. The Labute approximate surface area is 123 Å². The number of amides is 1. The Bertz CT molecular complexity index is 464. The number of hydrogen-bond acceptors (Lipinski definition) is 2. The van der Waals surface area contributed by atoms with E-state index in [2.05, 4.69) is 21.2 Å². The molecule has 104 valence electrons. The lowest BCUT2D eigenvalue weighted by atomic mass is 9.69. The molecule has 0 bridgehead atoms. The van der Waals surface area contributed by atoms with Gasteiger partial charge in [0, 0.05) is 11.0 Å². The highest BCUT2D eigenvalue weighted by molar-refractivity contribution is 9.10. The summed E-state index contributed by atoms with van der Waals surface area (Å²) in [6.45, 7) is 3.42. The van der Waals surface area contributed by atoms with Gasteiger partial charge >= 0.3 is 0 Å². The standard InChI is InChI=1S/C15H21BrN2O/c1-11-3-4-13(16)7-12(11)8-14(19)18-10-15(9-17)5-2-6-15/h3-4,7H,2,5-6,8-10,17H2,1H3,(H,18,19). The van der Waals surface area contributed by atoms with E-state index in [1.807, 2.05) is 25.1 Å². The molecule has 1 aromatic carbocycles. The Morgan fingerprint density at radius 3 is 2.79 bits per heavy atom. The van der Waals surface area contributed by atoms with Crippen molar-refractivity contribution in [1.82, 2.24) is 5.32 Å². The molecular formula is C15H21BrN2O. The number of nitrogens with one attached hydrogen (secondary N) is 1. The highest BCUT2D eigenvalue weighted by atomic mass is 79.9. The summed E-state index contributed by atoms with van der Waals surface area (Å²) < 4.78 is 1.01. The number of halogens is 1. The lowest BCUT2D eigenvalue weighted by Gasteiger charge is -2.41. The van der Waals surface area contributed by atoms with Gasteiger partial charge in [-0.2, -0.15) is 0 Å². The van der Waals surface area contributed by atoms with Gasteiger partial charge < -0.3 is 11.1 Å². The van der Waals surface area contributed by atoms with Crippen LogP contribution in [-0.4, -0.2) is 19.0 Å². The molecule has 1 aromatic rings. The topological polar surface area (TPSA) is 55.1 Å². The van der Waals surface area contributed by atoms with Crippen molar-refractivity contribution in [1.29, 1.82) is 0 Å². The van der Waals surface area contributed by atoms with E-state index < -0.39 is 0 Å². The molecule has 0 unspecified atom stereocenters. The molecule has 19 heavy (non-hydrogen) atoms. The summed E-state index contributed by atoms with van der Waals surface area (Å²) in [7, 11) is 0. The van der Waals surface area contributed by atoms with Crippen LogP contribution in [0, 0.1) is 12.3 Å². The van der Waals surface area contributed by atoms with E-state index in [0.29, 0.717) is 13.0 Å². The minimum atomic E-state index is 0.0842. The van der Waals surface area contributed by atoms with Crippen molar-refractivity contribution < 1.29 is 4.79 Å². The van der Waals surface area contributed by atoms with Crippen LogP contribution in [0.15, 0.2) is 22.7 Å². The SMILES string of the molecule is Cc1ccc(Br)cc1CC(=O)NCC1(CN)CCC1. The summed E-state index contributed by atoms with van der Waals surface area (Å²) in [6, 6.07) is 6.03. The van der Waals surface area contributed by atoms with Crippen LogP contribution in [0.25, 0.3) is 0 Å². The van der Waals surface area contributed by atoms with E-state index in [0.717, 1.165) is 35.0 Å². The van der Waals surface area contributed by atoms with Crippen molar-refractivity contribution in [3.8, 4) is 0 Å². The Morgan fingerprint density at radius 1 is 1.47 bits per heavy atom. The van der Waals surface area contributed by atoms with Gasteiger partial charge in [0.1, 0.15) is 0 Å². The van der Waals surface area contributed by atoms with E-state index in [9.17, 15) is 4.79 Å². The van der Waals surface area contributed by atoms with Gasteiger partial charge in [-0.05, 0) is 55.0 Å². The first kappa shape index (κ1) is 14.5. The zero-order valence-electron chi connectivity index (χ0n) is 11.3. The van der Waals surface area contributed by atoms with Gasteiger partial charge in [0.2, 0.25) is 5.91 Å². The summed E-state index contributed by atoms with van der Waals surface area (Å²) in [5, 5.41) is 3.04. The van der Waals surface area contributed by atoms with E-state index in [-0.39, 0.29) is 11.3 Å². The van der Waals surface area contributed by atoms with Crippen molar-refractivity contribution in [3.63, 3.8) is 0 Å². The molecule has 1 aliphatic carbocycles. The molecule has 0 saturated heterocycles. The van der Waals surface area contributed by atoms with Crippen molar-refractivity contribution in [2.45, 2.75) is 32.6 Å². The Morgan fingerprint density at radius 2 is 2.21 bits per heavy atom. The van der Waals surface area contributed by atoms with Gasteiger partial charge in [-0.3, -0.25) is 4.79 Å². The van der Waals surface area contributed by atoms with Crippen LogP contribution in [-0.2, 0) is 11.2 Å². The van der Waals surface area contributed by atoms with Gasteiger partial charge in [0.25, 0.3) is 0 Å². The van der Waals surface area contributed by atoms with Gasteiger partial charge in [-0.1, -0.05) is 28.4 Å². The molecule has 0 atom stereocenters. The lowest BCUT2D eigenvalue weighted by Crippen LogP contribution is -2.47. The maximum Gasteiger partial charge on any atom is 0.224 e. The highest BCUT2D eigenvalue weighted by Gasteiger charge is 2.35. The molecule has 0 aromatic heterocycles. The molecule has 0 heterocycles. The molecule has 3 nitrogen and oxygen atoms in total. The second kappa shape index (κ2) is 6.06. The summed E-state index contributed by atoms with van der Waals surface area (Å²) in [5.41, 5.74) is 8.18. The minimum absolute atomic E-state index is 0.0842. The third-order valence-corrected chi connectivity index (χ3v) is 4.66. The fourth-order valence-electron chi connectivity index (χ4n) is 2.48. The third kappa shape index (κ3) is 3.57. The van der Waals surface area contributed by atoms with Crippen LogP contribution in [0.2, 0.25) is 0 Å². The summed E-state index contributed by atoms with van der Waals surface area (Å²) >= 11 is 3.44. The summed E-state index contributed by atoms with van der Waals surface area (Å²) in [5.74, 6) is 0.0842. The average molecular weight is 325 g/mol. The number of nitrogens with two attached hydrogens (primary N) is 1. The summed E-state index contributed by atoms with van der Waals surface area (Å²) in [4.78, 5) is 12.0. The second-order valence-electron chi connectivity index (χ2n) is 5.58. The van der Waals surface area contributed by atoms with Gasteiger partial charge in [0.15, 0.2) is 0 Å². The maximum atomic E-state index is 12.0. The molecule has 1 fully saturated rings. The molecule has 0 radical (unpaired) electrons. The molecule has 1 saturated carbocycles. The van der Waals surface area contributed by atoms with Crippen LogP contribution in [0.1, 0.15) is 30.4 Å². The van der Waals surface area contributed by atoms with Crippen LogP contribution in [0.3, 0.4) is 0 Å². The van der Waals surface area contributed by atoms with Crippen molar-refractivity contribution in [2.75, 3.05) is 13.1 Å². The lowest BCUT2D eigenvalue weighted by molar-refractivity contribution is -0.121. The van der Waals surface area contributed by atoms with Crippen molar-refractivity contribution in [2.24, 2.45) is 11.1 Å². The molecule has 1 amide bonds. The number of carbonyl (C=O) groups is 1. The smallest absolute Gasteiger partial charge is 0.224 e. The Kier molecular flexibility index (Phi) is 4.63. The monoisotopic (exact) mass is 324 g/mol. The van der Waals surface area contributed by atoms with E-state index in [1.54, 1.807) is 0 Å². The quantitative estimate of drug-likeness (QED) is 0.874. The zero-order chi connectivity index (χ0) is 13.9. The fraction of sp³-hybridized carbons (Fsp3) is 0.533. The van der Waals surface area contributed by atoms with Gasteiger partial charge in [-0.25, -0.2) is 0 Å². The number of hydrogen-bond donors (Lipinski definition) is 2. The summed E-state index contributed by atoms with van der Waals surface area (Å²) in [6.07, 6.45) is 3.95. The van der Waals surface area contributed by atoms with E-state index in [1.165, 1.54) is 6.42 Å². The number of aryl methyl sites for hydroxylation is 1. The number of rotatable bonds is 5. The first-order chi connectivity index (χ1) is 9.04. The molecule has 4 heteroatoms. The first-order valence-electron chi connectivity index (χ1n) is 6.76. The Balaban J connectivity index is 1.89. The van der Waals surface area contributed by atoms with Gasteiger partial charge in [-0.15, -0.1) is 0 Å². The molecular weight excluding hydrogens is 304 g/mol. The molecule has 1 aliphatic rings. The predicted octanol–water partition coefficient (Wildman–Crippen LogP) is 2.55. The second-order valence-corrected chi connectivity index (χ2v) is 6.50. The largest absolute Gasteiger partial charge is 0.355 e. The van der Waals surface area contributed by atoms with Crippen LogP contribution < -0.4 is 11.1 Å². The van der Waals surface area contributed by atoms with Crippen LogP contribution in [0.5, 0.6) is 0 Å².